The van der Waals surface area contributed by atoms with Crippen LogP contribution in [-0.4, -0.2) is 26.3 Å². The fraction of sp³-hybridized carbons (Fsp3) is 0. The molecule has 0 aliphatic carbocycles. The molecule has 3 rings (SSSR count). The van der Waals surface area contributed by atoms with Crippen LogP contribution in [0.25, 0.3) is 23.0 Å². The van der Waals surface area contributed by atoms with Gasteiger partial charge in [0.05, 0.1) is 10.6 Å². The summed E-state index contributed by atoms with van der Waals surface area (Å²) in [7, 11) is 0. The van der Waals surface area contributed by atoms with Crippen LogP contribution < -0.4 is 0 Å². The first-order chi connectivity index (χ1) is 10.1. The molecule has 104 valence electrons. The Kier molecular flexibility index (Phi) is 3.37. The fourth-order valence-corrected chi connectivity index (χ4v) is 1.84. The van der Waals surface area contributed by atoms with Gasteiger partial charge in [-0.2, -0.15) is 0 Å². The first-order valence-electron chi connectivity index (χ1n) is 5.92. The zero-order valence-corrected chi connectivity index (χ0v) is 11.3. The number of hydrogen-bond donors (Lipinski definition) is 1. The summed E-state index contributed by atoms with van der Waals surface area (Å²) in [6.07, 6.45) is 1.48. The third-order valence-corrected chi connectivity index (χ3v) is 2.95. The second-order valence-electron chi connectivity index (χ2n) is 4.16. The Bertz CT molecular complexity index is 799. The Hall–Kier alpha value is -2.73. The minimum absolute atomic E-state index is 0.150. The number of carboxylic acids is 1. The van der Waals surface area contributed by atoms with Crippen LogP contribution in [0.5, 0.6) is 0 Å². The minimum Gasteiger partial charge on any atom is -0.478 e. The van der Waals surface area contributed by atoms with Gasteiger partial charge in [-0.25, -0.2) is 9.78 Å². The standard InChI is InChI=1S/C14H8ClN3O3/c15-10-4-5-11(16-7-10)13-18-17-12(21-13)8-2-1-3-9(6-8)14(19)20/h1-7H,(H,19,20). The van der Waals surface area contributed by atoms with Crippen molar-refractivity contribution < 1.29 is 14.3 Å². The number of aromatic nitrogens is 3. The number of aromatic carboxylic acids is 1. The zero-order chi connectivity index (χ0) is 14.8. The van der Waals surface area contributed by atoms with Gasteiger partial charge in [0, 0.05) is 11.8 Å². The van der Waals surface area contributed by atoms with Crippen molar-refractivity contribution in [3.05, 3.63) is 53.2 Å². The van der Waals surface area contributed by atoms with Gasteiger partial charge in [0.1, 0.15) is 5.69 Å². The zero-order valence-electron chi connectivity index (χ0n) is 10.5. The van der Waals surface area contributed by atoms with Crippen LogP contribution >= 0.6 is 11.6 Å². The van der Waals surface area contributed by atoms with Crippen molar-refractivity contribution in [1.29, 1.82) is 0 Å². The number of rotatable bonds is 3. The predicted octanol–water partition coefficient (Wildman–Crippen LogP) is 3.15. The second-order valence-corrected chi connectivity index (χ2v) is 4.60. The van der Waals surface area contributed by atoms with E-state index in [1.165, 1.54) is 18.3 Å². The molecule has 2 aromatic heterocycles. The quantitative estimate of drug-likeness (QED) is 0.799. The highest BCUT2D eigenvalue weighted by molar-refractivity contribution is 6.30. The number of nitrogens with zero attached hydrogens (tertiary/aromatic N) is 3. The van der Waals surface area contributed by atoms with E-state index in [1.54, 1.807) is 24.3 Å². The Balaban J connectivity index is 1.96. The molecule has 3 aromatic rings. The lowest BCUT2D eigenvalue weighted by Gasteiger charge is -1.97. The first kappa shape index (κ1) is 13.3. The summed E-state index contributed by atoms with van der Waals surface area (Å²) in [6, 6.07) is 9.59. The van der Waals surface area contributed by atoms with Gasteiger partial charge in [0.15, 0.2) is 0 Å². The Labute approximate surface area is 124 Å². The normalized spacial score (nSPS) is 10.5. The van der Waals surface area contributed by atoms with Crippen molar-refractivity contribution in [2.24, 2.45) is 0 Å². The number of benzene rings is 1. The summed E-state index contributed by atoms with van der Waals surface area (Å²) >= 11 is 5.76. The molecule has 0 amide bonds. The Morgan fingerprint density at radius 2 is 1.95 bits per heavy atom. The molecule has 0 spiro atoms. The minimum atomic E-state index is -1.02. The molecule has 2 heterocycles. The molecule has 0 atom stereocenters. The molecule has 0 aliphatic rings. The van der Waals surface area contributed by atoms with Gasteiger partial charge in [0.25, 0.3) is 5.89 Å². The third-order valence-electron chi connectivity index (χ3n) is 2.73. The van der Waals surface area contributed by atoms with E-state index in [1.807, 2.05) is 0 Å². The Morgan fingerprint density at radius 1 is 1.14 bits per heavy atom. The van der Waals surface area contributed by atoms with Gasteiger partial charge in [-0.05, 0) is 30.3 Å². The van der Waals surface area contributed by atoms with Crippen molar-refractivity contribution >= 4 is 17.6 Å². The Morgan fingerprint density at radius 3 is 2.67 bits per heavy atom. The van der Waals surface area contributed by atoms with E-state index >= 15 is 0 Å². The van der Waals surface area contributed by atoms with Gasteiger partial charge in [-0.3, -0.25) is 0 Å². The average molecular weight is 302 g/mol. The number of hydrogen-bond acceptors (Lipinski definition) is 5. The highest BCUT2D eigenvalue weighted by atomic mass is 35.5. The van der Waals surface area contributed by atoms with Crippen LogP contribution in [-0.2, 0) is 0 Å². The van der Waals surface area contributed by atoms with Gasteiger partial charge in [-0.1, -0.05) is 17.7 Å². The van der Waals surface area contributed by atoms with Crippen LogP contribution in [0.15, 0.2) is 47.0 Å². The van der Waals surface area contributed by atoms with E-state index in [9.17, 15) is 4.79 Å². The molecule has 1 aromatic carbocycles. The summed E-state index contributed by atoms with van der Waals surface area (Å²) in [5.41, 5.74) is 1.17. The molecule has 0 bridgehead atoms. The second kappa shape index (κ2) is 5.34. The van der Waals surface area contributed by atoms with Crippen LogP contribution in [0, 0.1) is 0 Å². The lowest BCUT2D eigenvalue weighted by Crippen LogP contribution is -1.95. The first-order valence-corrected chi connectivity index (χ1v) is 6.30. The SMILES string of the molecule is O=C(O)c1cccc(-c2nnc(-c3ccc(Cl)cn3)o2)c1. The van der Waals surface area contributed by atoms with Crippen LogP contribution in [0.3, 0.4) is 0 Å². The number of carbonyl (C=O) groups is 1. The van der Waals surface area contributed by atoms with E-state index in [0.29, 0.717) is 16.3 Å². The highest BCUT2D eigenvalue weighted by Crippen LogP contribution is 2.24. The van der Waals surface area contributed by atoms with Gasteiger partial charge >= 0.3 is 5.97 Å². The fourth-order valence-electron chi connectivity index (χ4n) is 1.73. The van der Waals surface area contributed by atoms with E-state index in [4.69, 9.17) is 21.1 Å². The lowest BCUT2D eigenvalue weighted by atomic mass is 10.1. The lowest BCUT2D eigenvalue weighted by molar-refractivity contribution is 0.0697. The van der Waals surface area contributed by atoms with Crippen LogP contribution in [0.2, 0.25) is 5.02 Å². The molecule has 0 fully saturated rings. The van der Waals surface area contributed by atoms with Crippen LogP contribution in [0.1, 0.15) is 10.4 Å². The molecule has 0 saturated carbocycles. The summed E-state index contributed by atoms with van der Waals surface area (Å²) in [6.45, 7) is 0. The molecule has 7 heteroatoms. The van der Waals surface area contributed by atoms with Gasteiger partial charge in [0.2, 0.25) is 5.89 Å². The van der Waals surface area contributed by atoms with Crippen molar-refractivity contribution in [3.63, 3.8) is 0 Å². The van der Waals surface area contributed by atoms with Crippen molar-refractivity contribution in [2.45, 2.75) is 0 Å². The molecule has 0 radical (unpaired) electrons. The maximum atomic E-state index is 11.0. The van der Waals surface area contributed by atoms with E-state index in [-0.39, 0.29) is 17.3 Å². The topological polar surface area (TPSA) is 89.1 Å². The molecule has 1 N–H and O–H groups in total. The molecule has 0 aliphatic heterocycles. The highest BCUT2D eigenvalue weighted by Gasteiger charge is 2.13. The predicted molar refractivity (Wildman–Crippen MR) is 74.9 cm³/mol. The molecule has 21 heavy (non-hydrogen) atoms. The summed E-state index contributed by atoms with van der Waals surface area (Å²) < 4.78 is 5.51. The number of carboxylic acid groups (broad SMARTS) is 1. The molecule has 0 unspecified atom stereocenters. The monoisotopic (exact) mass is 301 g/mol. The largest absolute Gasteiger partial charge is 0.478 e. The van der Waals surface area contributed by atoms with Gasteiger partial charge < -0.3 is 9.52 Å². The van der Waals surface area contributed by atoms with Gasteiger partial charge in [-0.15, -0.1) is 10.2 Å². The number of halogens is 1. The molecule has 0 saturated heterocycles. The van der Waals surface area contributed by atoms with E-state index in [0.717, 1.165) is 0 Å². The molecule has 6 nitrogen and oxygen atoms in total. The summed E-state index contributed by atoms with van der Waals surface area (Å²) in [5.74, 6) is -0.553. The number of pyridine rings is 1. The van der Waals surface area contributed by atoms with Crippen molar-refractivity contribution in [2.75, 3.05) is 0 Å². The molecular weight excluding hydrogens is 294 g/mol. The maximum absolute atomic E-state index is 11.0. The van der Waals surface area contributed by atoms with Crippen LogP contribution in [0.4, 0.5) is 0 Å². The van der Waals surface area contributed by atoms with E-state index in [2.05, 4.69) is 15.2 Å². The summed E-state index contributed by atoms with van der Waals surface area (Å²) in [4.78, 5) is 15.0. The maximum Gasteiger partial charge on any atom is 0.335 e. The summed E-state index contributed by atoms with van der Waals surface area (Å²) in [5, 5.41) is 17.3. The van der Waals surface area contributed by atoms with Crippen molar-refractivity contribution in [1.82, 2.24) is 15.2 Å². The average Bonchev–Trinajstić information content (AvgIpc) is 2.98. The smallest absolute Gasteiger partial charge is 0.335 e. The van der Waals surface area contributed by atoms with Crippen molar-refractivity contribution in [3.8, 4) is 23.0 Å². The third kappa shape index (κ3) is 2.75. The van der Waals surface area contributed by atoms with E-state index < -0.39 is 5.97 Å². The molecular formula is C14H8ClN3O3.